The average molecular weight is 260 g/mol. The quantitative estimate of drug-likeness (QED) is 0.622. The normalized spacial score (nSPS) is 16.9. The van der Waals surface area contributed by atoms with Crippen molar-refractivity contribution in [2.24, 2.45) is 0 Å². The molecule has 1 heterocycles. The molecular formula is C16H24N2O. The molecule has 0 saturated carbocycles. The predicted octanol–water partition coefficient (Wildman–Crippen LogP) is 2.44. The Balaban J connectivity index is 2.88. The molecule has 0 spiro atoms. The van der Waals surface area contributed by atoms with Crippen LogP contribution in [0.1, 0.15) is 20.3 Å². The molecule has 0 unspecified atom stereocenters. The van der Waals surface area contributed by atoms with Gasteiger partial charge >= 0.3 is 0 Å². The van der Waals surface area contributed by atoms with E-state index >= 15 is 0 Å². The maximum atomic E-state index is 12.0. The van der Waals surface area contributed by atoms with E-state index in [-0.39, 0.29) is 5.91 Å². The summed E-state index contributed by atoms with van der Waals surface area (Å²) in [6.45, 7) is 9.94. The minimum atomic E-state index is 0.0222. The molecule has 0 radical (unpaired) electrons. The fourth-order valence-corrected chi connectivity index (χ4v) is 2.00. The van der Waals surface area contributed by atoms with Gasteiger partial charge in [0.05, 0.1) is 0 Å². The average Bonchev–Trinajstić information content (AvgIpc) is 2.43. The van der Waals surface area contributed by atoms with E-state index in [9.17, 15) is 4.79 Å². The molecule has 0 aromatic rings. The van der Waals surface area contributed by atoms with Gasteiger partial charge in [0.1, 0.15) is 0 Å². The number of likely N-dealkylation sites (N-methyl/N-ethyl adjacent to an activating group) is 1. The molecule has 0 fully saturated rings. The van der Waals surface area contributed by atoms with Crippen LogP contribution in [0.5, 0.6) is 0 Å². The van der Waals surface area contributed by atoms with E-state index in [0.717, 1.165) is 30.7 Å². The summed E-state index contributed by atoms with van der Waals surface area (Å²) >= 11 is 0. The molecule has 1 N–H and O–H groups in total. The highest BCUT2D eigenvalue weighted by Gasteiger charge is 2.12. The standard InChI is InChI=1S/C16H24N2O/c1-6-14(16(19)18(4)5)11-12(2)13(3)15-7-9-17-10-8-15/h6-7,11,17H,3,8-10H2,1-2,4-5H3/b12-11-,14-6+. The van der Waals surface area contributed by atoms with Crippen LogP contribution in [0.2, 0.25) is 0 Å². The Morgan fingerprint density at radius 2 is 2.16 bits per heavy atom. The molecule has 3 nitrogen and oxygen atoms in total. The maximum absolute atomic E-state index is 12.0. The number of allylic oxidation sites excluding steroid dienone is 3. The zero-order chi connectivity index (χ0) is 14.4. The van der Waals surface area contributed by atoms with Crippen LogP contribution < -0.4 is 5.32 Å². The SMILES string of the molecule is C=C(C1=CCNCC1)/C(C)=C\C(=C/C)C(=O)N(C)C. The van der Waals surface area contributed by atoms with Crippen LogP contribution in [0.4, 0.5) is 0 Å². The van der Waals surface area contributed by atoms with Crippen LogP contribution in [-0.4, -0.2) is 38.0 Å². The van der Waals surface area contributed by atoms with Crippen LogP contribution in [0, 0.1) is 0 Å². The highest BCUT2D eigenvalue weighted by molar-refractivity contribution is 5.96. The predicted molar refractivity (Wildman–Crippen MR) is 80.9 cm³/mol. The molecule has 104 valence electrons. The molecule has 3 heteroatoms. The molecule has 0 aromatic heterocycles. The Labute approximate surface area is 116 Å². The van der Waals surface area contributed by atoms with E-state index < -0.39 is 0 Å². The molecule has 1 aliphatic heterocycles. The van der Waals surface area contributed by atoms with Crippen LogP contribution in [-0.2, 0) is 4.79 Å². The maximum Gasteiger partial charge on any atom is 0.253 e. The number of nitrogens with zero attached hydrogens (tertiary/aromatic N) is 1. The lowest BCUT2D eigenvalue weighted by Gasteiger charge is -2.17. The first-order valence-corrected chi connectivity index (χ1v) is 6.63. The van der Waals surface area contributed by atoms with Gasteiger partial charge in [0.2, 0.25) is 0 Å². The minimum absolute atomic E-state index is 0.0222. The number of hydrogen-bond acceptors (Lipinski definition) is 2. The third-order valence-corrected chi connectivity index (χ3v) is 3.26. The Hall–Kier alpha value is -1.61. The van der Waals surface area contributed by atoms with E-state index in [1.165, 1.54) is 5.57 Å². The van der Waals surface area contributed by atoms with Gasteiger partial charge in [-0.1, -0.05) is 18.7 Å². The van der Waals surface area contributed by atoms with E-state index in [1.807, 2.05) is 26.0 Å². The first kappa shape index (κ1) is 15.4. The molecule has 1 aliphatic rings. The summed E-state index contributed by atoms with van der Waals surface area (Å²) < 4.78 is 0. The lowest BCUT2D eigenvalue weighted by Crippen LogP contribution is -2.23. The van der Waals surface area contributed by atoms with Crippen LogP contribution in [0.25, 0.3) is 0 Å². The number of carbonyl (C=O) groups is 1. The van der Waals surface area contributed by atoms with E-state index in [2.05, 4.69) is 18.0 Å². The van der Waals surface area contributed by atoms with Gasteiger partial charge in [-0.2, -0.15) is 0 Å². The van der Waals surface area contributed by atoms with Crippen molar-refractivity contribution in [2.45, 2.75) is 20.3 Å². The Morgan fingerprint density at radius 1 is 1.47 bits per heavy atom. The van der Waals surface area contributed by atoms with E-state index in [0.29, 0.717) is 5.57 Å². The van der Waals surface area contributed by atoms with Crippen LogP contribution in [0.15, 0.2) is 47.1 Å². The largest absolute Gasteiger partial charge is 0.345 e. The first-order chi connectivity index (χ1) is 8.97. The number of carbonyl (C=O) groups excluding carboxylic acids is 1. The fourth-order valence-electron chi connectivity index (χ4n) is 2.00. The molecule has 0 aromatic carbocycles. The second kappa shape index (κ2) is 7.10. The van der Waals surface area contributed by atoms with Crippen molar-refractivity contribution in [1.82, 2.24) is 10.2 Å². The lowest BCUT2D eigenvalue weighted by atomic mass is 9.94. The first-order valence-electron chi connectivity index (χ1n) is 6.63. The van der Waals surface area contributed by atoms with Gasteiger partial charge < -0.3 is 10.2 Å². The summed E-state index contributed by atoms with van der Waals surface area (Å²) in [5.41, 5.74) is 4.07. The second-order valence-electron chi connectivity index (χ2n) is 4.93. The van der Waals surface area contributed by atoms with Gasteiger partial charge in [0, 0.05) is 26.2 Å². The van der Waals surface area contributed by atoms with Gasteiger partial charge in [-0.15, -0.1) is 0 Å². The van der Waals surface area contributed by atoms with Gasteiger partial charge in [0.25, 0.3) is 5.91 Å². The zero-order valence-corrected chi connectivity index (χ0v) is 12.4. The summed E-state index contributed by atoms with van der Waals surface area (Å²) in [5, 5.41) is 3.28. The number of rotatable bonds is 4. The smallest absolute Gasteiger partial charge is 0.253 e. The van der Waals surface area contributed by atoms with E-state index in [4.69, 9.17) is 0 Å². The molecule has 1 rings (SSSR count). The van der Waals surface area contributed by atoms with Gasteiger partial charge in [-0.05, 0) is 49.6 Å². The van der Waals surface area contributed by atoms with Crippen molar-refractivity contribution >= 4 is 5.91 Å². The lowest BCUT2D eigenvalue weighted by molar-refractivity contribution is -0.124. The minimum Gasteiger partial charge on any atom is -0.345 e. The van der Waals surface area contributed by atoms with Crippen molar-refractivity contribution in [2.75, 3.05) is 27.2 Å². The molecular weight excluding hydrogens is 236 g/mol. The molecule has 1 amide bonds. The van der Waals surface area contributed by atoms with Crippen molar-refractivity contribution in [3.8, 4) is 0 Å². The highest BCUT2D eigenvalue weighted by Crippen LogP contribution is 2.22. The summed E-state index contributed by atoms with van der Waals surface area (Å²) in [6, 6.07) is 0. The molecule has 0 bridgehead atoms. The molecule has 19 heavy (non-hydrogen) atoms. The van der Waals surface area contributed by atoms with Gasteiger partial charge in [0.15, 0.2) is 0 Å². The van der Waals surface area contributed by atoms with Crippen LogP contribution >= 0.6 is 0 Å². The summed E-state index contributed by atoms with van der Waals surface area (Å²) in [7, 11) is 3.53. The molecule has 0 aliphatic carbocycles. The van der Waals surface area contributed by atoms with Crippen molar-refractivity contribution in [1.29, 1.82) is 0 Å². The van der Waals surface area contributed by atoms with Crippen molar-refractivity contribution in [3.63, 3.8) is 0 Å². The van der Waals surface area contributed by atoms with Crippen LogP contribution in [0.3, 0.4) is 0 Å². The summed E-state index contributed by atoms with van der Waals surface area (Å²) in [4.78, 5) is 13.6. The Kier molecular flexibility index (Phi) is 5.77. The number of hydrogen-bond donors (Lipinski definition) is 1. The number of nitrogens with one attached hydrogen (secondary N) is 1. The number of amides is 1. The van der Waals surface area contributed by atoms with Crippen molar-refractivity contribution in [3.05, 3.63) is 47.1 Å². The van der Waals surface area contributed by atoms with Gasteiger partial charge in [-0.25, -0.2) is 0 Å². The Bertz CT molecular complexity index is 453. The summed E-state index contributed by atoms with van der Waals surface area (Å²) in [6.07, 6.45) is 6.94. The topological polar surface area (TPSA) is 32.3 Å². The van der Waals surface area contributed by atoms with E-state index in [1.54, 1.807) is 19.0 Å². The summed E-state index contributed by atoms with van der Waals surface area (Å²) in [5.74, 6) is 0.0222. The van der Waals surface area contributed by atoms with Crippen molar-refractivity contribution < 1.29 is 4.79 Å². The second-order valence-corrected chi connectivity index (χ2v) is 4.93. The zero-order valence-electron chi connectivity index (χ0n) is 12.4. The highest BCUT2D eigenvalue weighted by atomic mass is 16.2. The fraction of sp³-hybridized carbons (Fsp3) is 0.438. The monoisotopic (exact) mass is 260 g/mol. The molecule has 0 saturated heterocycles. The third-order valence-electron chi connectivity index (χ3n) is 3.26. The van der Waals surface area contributed by atoms with Gasteiger partial charge in [-0.3, -0.25) is 4.79 Å². The molecule has 0 atom stereocenters. The Morgan fingerprint density at radius 3 is 2.63 bits per heavy atom. The third kappa shape index (κ3) is 4.21.